The third kappa shape index (κ3) is 3.79. The predicted molar refractivity (Wildman–Crippen MR) is 107 cm³/mol. The monoisotopic (exact) mass is 428 g/mol. The van der Waals surface area contributed by atoms with Crippen molar-refractivity contribution in [1.29, 1.82) is 0 Å². The van der Waals surface area contributed by atoms with Gasteiger partial charge < -0.3 is 15.7 Å². The number of urea groups is 1. The molecule has 3 aromatic carbocycles. The molecule has 2 atom stereocenters. The van der Waals surface area contributed by atoms with Gasteiger partial charge >= 0.3 is 18.0 Å². The summed E-state index contributed by atoms with van der Waals surface area (Å²) in [6.45, 7) is 0. The van der Waals surface area contributed by atoms with Crippen molar-refractivity contribution in [3.8, 4) is 0 Å². The molecule has 1 aliphatic heterocycles. The zero-order chi connectivity index (χ0) is 21.5. The van der Waals surface area contributed by atoms with Crippen LogP contribution in [0.3, 0.4) is 0 Å². The number of hydrogen-bond donors (Lipinski definition) is 4. The van der Waals surface area contributed by atoms with Crippen LogP contribution in [-0.2, 0) is 10.0 Å². The summed E-state index contributed by atoms with van der Waals surface area (Å²) in [6, 6.07) is 14.6. The molecule has 2 unspecified atom stereocenters. The van der Waals surface area contributed by atoms with Gasteiger partial charge in [0.2, 0.25) is 15.7 Å². The number of primary sulfonamides is 1. The smallest absolute Gasteiger partial charge is 0.325 e. The Morgan fingerprint density at radius 3 is 2.60 bits per heavy atom. The standard InChI is InChI=1S/C18H16N6O5S/c19-30(28,29)14-8-6-11-5-7-13(9-12(11)10-14)20-18(25)21-17-22-24(27)16-4-2-1-3-15(16)23(17)26/h1-10,17,23H,(H2,19,28,29)(H2,20,21,25). The van der Waals surface area contributed by atoms with Gasteiger partial charge in [-0.15, -0.1) is 0 Å². The highest BCUT2D eigenvalue weighted by molar-refractivity contribution is 7.89. The second-order valence-electron chi connectivity index (χ2n) is 6.54. The molecule has 0 saturated heterocycles. The Bertz CT molecular complexity index is 1290. The van der Waals surface area contributed by atoms with Crippen LogP contribution in [0.15, 0.2) is 70.7 Å². The Labute approximate surface area is 170 Å². The molecular weight excluding hydrogens is 412 g/mol. The number of sulfonamides is 1. The molecule has 0 fully saturated rings. The number of nitrogens with zero attached hydrogens (tertiary/aromatic N) is 2. The number of carbonyl (C=O) groups is 1. The number of amides is 2. The minimum atomic E-state index is -3.87. The van der Waals surface area contributed by atoms with Crippen molar-refractivity contribution in [2.75, 3.05) is 5.32 Å². The van der Waals surface area contributed by atoms with Gasteiger partial charge in [-0.2, -0.15) is 0 Å². The number of nitrogens with one attached hydrogen (secondary N) is 3. The first-order valence-corrected chi connectivity index (χ1v) is 10.2. The number of para-hydroxylation sites is 2. The van der Waals surface area contributed by atoms with E-state index in [2.05, 4.69) is 15.7 Å². The molecule has 12 heteroatoms. The molecule has 30 heavy (non-hydrogen) atoms. The maximum absolute atomic E-state index is 12.5. The first-order valence-electron chi connectivity index (χ1n) is 8.68. The molecular formula is C18H16N6O5S. The van der Waals surface area contributed by atoms with E-state index < -0.39 is 27.4 Å². The molecule has 0 aliphatic carbocycles. The van der Waals surface area contributed by atoms with Crippen LogP contribution in [0.4, 0.5) is 21.9 Å². The zero-order valence-electron chi connectivity index (χ0n) is 15.3. The number of azo groups is 1. The van der Waals surface area contributed by atoms with Gasteiger partial charge in [0, 0.05) is 17.8 Å². The third-order valence-corrected chi connectivity index (χ3v) is 5.42. The molecule has 0 aromatic heterocycles. The number of benzene rings is 3. The van der Waals surface area contributed by atoms with Crippen molar-refractivity contribution in [3.05, 3.63) is 71.1 Å². The average molecular weight is 428 g/mol. The number of rotatable bonds is 3. The van der Waals surface area contributed by atoms with Crippen LogP contribution in [0.1, 0.15) is 0 Å². The fourth-order valence-corrected chi connectivity index (χ4v) is 3.63. The molecule has 11 nitrogen and oxygen atoms in total. The fraction of sp³-hybridized carbons (Fsp3) is 0.0556. The molecule has 0 saturated carbocycles. The van der Waals surface area contributed by atoms with Crippen LogP contribution >= 0.6 is 0 Å². The lowest BCUT2D eigenvalue weighted by atomic mass is 10.1. The molecule has 154 valence electrons. The molecule has 0 bridgehead atoms. The van der Waals surface area contributed by atoms with E-state index in [1.807, 2.05) is 0 Å². The third-order valence-electron chi connectivity index (χ3n) is 4.51. The fourth-order valence-electron chi connectivity index (χ4n) is 3.08. The normalized spacial score (nSPS) is 18.4. The van der Waals surface area contributed by atoms with E-state index in [-0.39, 0.29) is 16.3 Å². The zero-order valence-corrected chi connectivity index (χ0v) is 16.1. The summed E-state index contributed by atoms with van der Waals surface area (Å²) in [5, 5.41) is 38.9. The summed E-state index contributed by atoms with van der Waals surface area (Å²) in [5.41, 5.74) is 0.615. The lowest BCUT2D eigenvalue weighted by Crippen LogP contribution is -3.09. The van der Waals surface area contributed by atoms with Gasteiger partial charge in [-0.1, -0.05) is 24.3 Å². The summed E-state index contributed by atoms with van der Waals surface area (Å²) in [6.07, 6.45) is -1.37. The highest BCUT2D eigenvalue weighted by Crippen LogP contribution is 2.24. The Hall–Kier alpha value is -3.58. The average Bonchev–Trinajstić information content (AvgIpc) is 2.70. The molecule has 5 N–H and O–H groups in total. The van der Waals surface area contributed by atoms with Crippen molar-refractivity contribution >= 4 is 43.9 Å². The molecule has 3 aromatic rings. The van der Waals surface area contributed by atoms with Gasteiger partial charge in [0.1, 0.15) is 0 Å². The van der Waals surface area contributed by atoms with E-state index in [0.29, 0.717) is 15.9 Å². The van der Waals surface area contributed by atoms with Crippen LogP contribution in [0, 0.1) is 10.4 Å². The maximum atomic E-state index is 12.5. The van der Waals surface area contributed by atoms with E-state index in [1.54, 1.807) is 36.4 Å². The molecule has 1 aliphatic rings. The van der Waals surface area contributed by atoms with Crippen molar-refractivity contribution in [3.63, 3.8) is 0 Å². The summed E-state index contributed by atoms with van der Waals surface area (Å²) in [5.74, 6) is 0. The van der Waals surface area contributed by atoms with Crippen molar-refractivity contribution < 1.29 is 23.1 Å². The van der Waals surface area contributed by atoms with Crippen LogP contribution in [0.2, 0.25) is 0 Å². The van der Waals surface area contributed by atoms with Crippen molar-refractivity contribution in [2.45, 2.75) is 11.2 Å². The summed E-state index contributed by atoms with van der Waals surface area (Å²) in [4.78, 5) is 12.6. The van der Waals surface area contributed by atoms with Crippen LogP contribution in [0.5, 0.6) is 0 Å². The Morgan fingerprint density at radius 1 is 1.10 bits per heavy atom. The number of nitrogens with two attached hydrogens (primary N) is 1. The molecule has 1 heterocycles. The second-order valence-corrected chi connectivity index (χ2v) is 8.10. The number of carbonyl (C=O) groups excluding carboxylic acids is 1. The van der Waals surface area contributed by atoms with Gasteiger partial charge in [0.25, 0.3) is 0 Å². The highest BCUT2D eigenvalue weighted by atomic mass is 32.2. The van der Waals surface area contributed by atoms with Gasteiger partial charge in [-0.25, -0.2) is 18.4 Å². The Balaban J connectivity index is 1.53. The molecule has 2 amide bonds. The van der Waals surface area contributed by atoms with Crippen LogP contribution in [0.25, 0.3) is 10.8 Å². The Kier molecular flexibility index (Phi) is 4.83. The van der Waals surface area contributed by atoms with E-state index in [4.69, 9.17) is 5.14 Å². The van der Waals surface area contributed by atoms with E-state index in [1.165, 1.54) is 24.3 Å². The largest absolute Gasteiger partial charge is 0.626 e. The quantitative estimate of drug-likeness (QED) is 0.363. The number of hydrogen-bond acceptors (Lipinski definition) is 6. The lowest BCUT2D eigenvalue weighted by molar-refractivity contribution is -0.828. The molecule has 0 radical (unpaired) electrons. The minimum Gasteiger partial charge on any atom is -0.626 e. The number of hydroxylamine groups is 1. The van der Waals surface area contributed by atoms with Crippen LogP contribution < -0.4 is 20.8 Å². The number of fused-ring (bicyclic) bond motifs is 2. The predicted octanol–water partition coefficient (Wildman–Crippen LogP) is 1.21. The summed E-state index contributed by atoms with van der Waals surface area (Å²) >= 11 is 0. The van der Waals surface area contributed by atoms with Gasteiger partial charge in [0.05, 0.1) is 10.0 Å². The van der Waals surface area contributed by atoms with E-state index in [9.17, 15) is 23.6 Å². The van der Waals surface area contributed by atoms with Crippen LogP contribution in [-0.4, -0.2) is 25.6 Å². The van der Waals surface area contributed by atoms with Gasteiger partial charge in [-0.05, 0) is 39.9 Å². The van der Waals surface area contributed by atoms with Crippen molar-refractivity contribution in [1.82, 2.24) is 5.32 Å². The first-order chi connectivity index (χ1) is 14.2. The van der Waals surface area contributed by atoms with Gasteiger partial charge in [-0.3, -0.25) is 10.4 Å². The Morgan fingerprint density at radius 2 is 1.83 bits per heavy atom. The SMILES string of the molecule is NS(=O)(=O)c1ccc2ccc(NC(=O)NC3N=[N+]([O-])c4ccccc4[NH+]3[O-])cc2c1. The molecule has 0 spiro atoms. The topological polar surface area (TPSA) is 167 Å². The first kappa shape index (κ1) is 19.7. The van der Waals surface area contributed by atoms with Gasteiger partial charge in [0.15, 0.2) is 0 Å². The summed E-state index contributed by atoms with van der Waals surface area (Å²) < 4.78 is 23.1. The minimum absolute atomic E-state index is 0.0580. The van der Waals surface area contributed by atoms with Crippen molar-refractivity contribution in [2.24, 2.45) is 10.3 Å². The second kappa shape index (κ2) is 7.35. The summed E-state index contributed by atoms with van der Waals surface area (Å²) in [7, 11) is -3.87. The number of quaternary nitrogens is 1. The molecule has 4 rings (SSSR count). The maximum Gasteiger partial charge on any atom is 0.325 e. The number of anilines is 1. The van der Waals surface area contributed by atoms with E-state index in [0.717, 1.165) is 5.39 Å². The lowest BCUT2D eigenvalue weighted by Gasteiger charge is -2.29. The highest BCUT2D eigenvalue weighted by Gasteiger charge is 2.33. The van der Waals surface area contributed by atoms with E-state index >= 15 is 0 Å².